The van der Waals surface area contributed by atoms with Gasteiger partial charge in [-0.1, -0.05) is 12.1 Å². The predicted molar refractivity (Wildman–Crippen MR) is 112 cm³/mol. The second kappa shape index (κ2) is 11.2. The van der Waals surface area contributed by atoms with Gasteiger partial charge in [-0.05, 0) is 45.4 Å². The van der Waals surface area contributed by atoms with Crippen molar-refractivity contribution in [2.75, 3.05) is 13.2 Å². The highest BCUT2D eigenvalue weighted by atomic mass is 19.3. The van der Waals surface area contributed by atoms with E-state index < -0.39 is 42.9 Å². The van der Waals surface area contributed by atoms with Crippen LogP contribution in [0, 0.1) is 13.8 Å². The van der Waals surface area contributed by atoms with Gasteiger partial charge in [-0.15, -0.1) is 0 Å². The molecule has 33 heavy (non-hydrogen) atoms. The molecule has 2 N–H and O–H groups in total. The number of ether oxygens (including phenoxy) is 3. The Morgan fingerprint density at radius 3 is 2.42 bits per heavy atom. The van der Waals surface area contributed by atoms with E-state index in [0.717, 1.165) is 0 Å². The van der Waals surface area contributed by atoms with Crippen LogP contribution in [0.4, 0.5) is 8.78 Å². The standard InChI is InChI=1S/C22H24F2N2O7/c1-5-31-21(30)17-11(2)18(26-12(17)3)19(28)13(4)32-16(27)10-25-20(29)14-8-6-7-9-15(14)33-22(23)24/h6-9,13,22,26H,5,10H2,1-4H3,(H,25,29)/t13-/m1/s1. The summed E-state index contributed by atoms with van der Waals surface area (Å²) in [6, 6.07) is 5.29. The van der Waals surface area contributed by atoms with E-state index in [4.69, 9.17) is 9.47 Å². The van der Waals surface area contributed by atoms with Gasteiger partial charge in [0.05, 0.1) is 23.4 Å². The number of Topliss-reactive ketones (excluding diaryl/α,β-unsaturated/α-hetero) is 1. The van der Waals surface area contributed by atoms with Crippen LogP contribution in [0.5, 0.6) is 5.75 Å². The minimum absolute atomic E-state index is 0.0953. The van der Waals surface area contributed by atoms with Gasteiger partial charge in [0.25, 0.3) is 5.91 Å². The zero-order valence-electron chi connectivity index (χ0n) is 18.5. The summed E-state index contributed by atoms with van der Waals surface area (Å²) >= 11 is 0. The number of aromatic nitrogens is 1. The molecule has 0 aliphatic carbocycles. The maximum Gasteiger partial charge on any atom is 0.387 e. The Hall–Kier alpha value is -3.76. The fourth-order valence-electron chi connectivity index (χ4n) is 3.10. The van der Waals surface area contributed by atoms with Gasteiger partial charge in [0.1, 0.15) is 12.3 Å². The molecule has 0 radical (unpaired) electrons. The van der Waals surface area contributed by atoms with Crippen molar-refractivity contribution in [1.82, 2.24) is 10.3 Å². The normalized spacial score (nSPS) is 11.6. The smallest absolute Gasteiger partial charge is 0.387 e. The van der Waals surface area contributed by atoms with Gasteiger partial charge in [0, 0.05) is 5.69 Å². The zero-order chi connectivity index (χ0) is 24.7. The molecule has 9 nitrogen and oxygen atoms in total. The SMILES string of the molecule is CCOC(=O)c1c(C)[nH]c(C(=O)[C@@H](C)OC(=O)CNC(=O)c2ccccc2OC(F)F)c1C. The number of amides is 1. The van der Waals surface area contributed by atoms with Crippen molar-refractivity contribution in [2.24, 2.45) is 0 Å². The van der Waals surface area contributed by atoms with Crippen molar-refractivity contribution in [3.8, 4) is 5.75 Å². The molecule has 1 amide bonds. The molecule has 1 aromatic heterocycles. The number of benzene rings is 1. The first-order valence-electron chi connectivity index (χ1n) is 9.98. The van der Waals surface area contributed by atoms with Crippen LogP contribution >= 0.6 is 0 Å². The first-order valence-corrected chi connectivity index (χ1v) is 9.98. The number of H-pyrrole nitrogens is 1. The summed E-state index contributed by atoms with van der Waals surface area (Å²) in [5, 5.41) is 2.23. The van der Waals surface area contributed by atoms with E-state index in [1.165, 1.54) is 31.2 Å². The predicted octanol–water partition coefficient (Wildman–Crippen LogP) is 2.95. The monoisotopic (exact) mass is 466 g/mol. The minimum atomic E-state index is -3.12. The molecule has 2 aromatic rings. The van der Waals surface area contributed by atoms with E-state index in [9.17, 15) is 28.0 Å². The Labute approximate surface area is 188 Å². The maximum atomic E-state index is 12.7. The third-order valence-corrected chi connectivity index (χ3v) is 4.58. The third kappa shape index (κ3) is 6.37. The quantitative estimate of drug-likeness (QED) is 0.408. The van der Waals surface area contributed by atoms with E-state index in [1.807, 2.05) is 0 Å². The molecule has 1 heterocycles. The number of hydrogen-bond acceptors (Lipinski definition) is 7. The number of nitrogens with one attached hydrogen (secondary N) is 2. The minimum Gasteiger partial charge on any atom is -0.462 e. The van der Waals surface area contributed by atoms with Gasteiger partial charge in [0.15, 0.2) is 6.10 Å². The van der Waals surface area contributed by atoms with Crippen molar-refractivity contribution in [2.45, 2.75) is 40.4 Å². The lowest BCUT2D eigenvalue weighted by molar-refractivity contribution is -0.145. The molecule has 178 valence electrons. The van der Waals surface area contributed by atoms with Crippen LogP contribution in [-0.4, -0.2) is 54.5 Å². The van der Waals surface area contributed by atoms with Gasteiger partial charge in [-0.25, -0.2) is 4.79 Å². The van der Waals surface area contributed by atoms with Crippen molar-refractivity contribution in [3.63, 3.8) is 0 Å². The Balaban J connectivity index is 2.00. The van der Waals surface area contributed by atoms with Crippen LogP contribution in [0.2, 0.25) is 0 Å². The summed E-state index contributed by atoms with van der Waals surface area (Å²) < 4.78 is 39.3. The van der Waals surface area contributed by atoms with E-state index in [1.54, 1.807) is 20.8 Å². The molecule has 0 saturated heterocycles. The highest BCUT2D eigenvalue weighted by Crippen LogP contribution is 2.22. The summed E-state index contributed by atoms with van der Waals surface area (Å²) in [6.07, 6.45) is -1.23. The van der Waals surface area contributed by atoms with E-state index in [0.29, 0.717) is 11.3 Å². The van der Waals surface area contributed by atoms with Crippen molar-refractivity contribution in [3.05, 3.63) is 52.3 Å². The van der Waals surface area contributed by atoms with Crippen molar-refractivity contribution >= 4 is 23.6 Å². The number of esters is 2. The number of para-hydroxylation sites is 1. The molecular weight excluding hydrogens is 442 g/mol. The van der Waals surface area contributed by atoms with Crippen molar-refractivity contribution < 1.29 is 42.2 Å². The molecule has 11 heteroatoms. The average molecular weight is 466 g/mol. The van der Waals surface area contributed by atoms with Crippen molar-refractivity contribution in [1.29, 1.82) is 0 Å². The van der Waals surface area contributed by atoms with Crippen LogP contribution < -0.4 is 10.1 Å². The zero-order valence-corrected chi connectivity index (χ0v) is 18.5. The Morgan fingerprint density at radius 1 is 1.12 bits per heavy atom. The summed E-state index contributed by atoms with van der Waals surface area (Å²) in [5.74, 6) is -3.27. The van der Waals surface area contributed by atoms with Gasteiger partial charge < -0.3 is 24.5 Å². The highest BCUT2D eigenvalue weighted by molar-refractivity contribution is 6.04. The number of carbonyl (C=O) groups is 4. The molecule has 0 aliphatic heterocycles. The topological polar surface area (TPSA) is 124 Å². The number of halogens is 2. The Kier molecular flexibility index (Phi) is 8.66. The highest BCUT2D eigenvalue weighted by Gasteiger charge is 2.27. The summed E-state index contributed by atoms with van der Waals surface area (Å²) in [6.45, 7) is 2.61. The number of aryl methyl sites for hydroxylation is 1. The Bertz CT molecular complexity index is 1050. The first-order chi connectivity index (χ1) is 15.6. The molecule has 0 fully saturated rings. The second-order valence-electron chi connectivity index (χ2n) is 6.90. The van der Waals surface area contributed by atoms with E-state index >= 15 is 0 Å². The number of aromatic amines is 1. The molecular formula is C22H24F2N2O7. The van der Waals surface area contributed by atoms with Crippen LogP contribution in [0.25, 0.3) is 0 Å². The lowest BCUT2D eigenvalue weighted by atomic mass is 10.1. The number of alkyl halides is 2. The fraction of sp³-hybridized carbons (Fsp3) is 0.364. The molecule has 0 unspecified atom stereocenters. The van der Waals surface area contributed by atoms with Crippen LogP contribution in [0.1, 0.15) is 56.3 Å². The van der Waals surface area contributed by atoms with Crippen LogP contribution in [0.15, 0.2) is 24.3 Å². The first kappa shape index (κ1) is 25.5. The largest absolute Gasteiger partial charge is 0.462 e. The molecule has 0 saturated carbocycles. The average Bonchev–Trinajstić information content (AvgIpc) is 3.05. The lowest BCUT2D eigenvalue weighted by Crippen LogP contribution is -2.34. The second-order valence-corrected chi connectivity index (χ2v) is 6.90. The Morgan fingerprint density at radius 2 is 1.79 bits per heavy atom. The van der Waals surface area contributed by atoms with Crippen LogP contribution in [0.3, 0.4) is 0 Å². The summed E-state index contributed by atoms with van der Waals surface area (Å²) in [7, 11) is 0. The number of ketones is 1. The number of hydrogen-bond donors (Lipinski definition) is 2. The molecule has 1 atom stereocenters. The lowest BCUT2D eigenvalue weighted by Gasteiger charge is -2.13. The van der Waals surface area contributed by atoms with E-state index in [-0.39, 0.29) is 29.2 Å². The van der Waals surface area contributed by atoms with Gasteiger partial charge >= 0.3 is 18.6 Å². The molecule has 2 rings (SSSR count). The van der Waals surface area contributed by atoms with Crippen LogP contribution in [-0.2, 0) is 14.3 Å². The number of rotatable bonds is 10. The maximum absolute atomic E-state index is 12.7. The number of carbonyl (C=O) groups excluding carboxylic acids is 4. The molecule has 1 aromatic carbocycles. The summed E-state index contributed by atoms with van der Waals surface area (Å²) in [5.41, 5.74) is 0.930. The van der Waals surface area contributed by atoms with E-state index in [2.05, 4.69) is 15.0 Å². The van der Waals surface area contributed by atoms with Gasteiger partial charge in [0.2, 0.25) is 5.78 Å². The van der Waals surface area contributed by atoms with Gasteiger partial charge in [-0.3, -0.25) is 14.4 Å². The molecule has 0 bridgehead atoms. The summed E-state index contributed by atoms with van der Waals surface area (Å²) in [4.78, 5) is 52.0. The molecule has 0 spiro atoms. The van der Waals surface area contributed by atoms with Gasteiger partial charge in [-0.2, -0.15) is 8.78 Å². The third-order valence-electron chi connectivity index (χ3n) is 4.58. The molecule has 0 aliphatic rings. The fourth-order valence-corrected chi connectivity index (χ4v) is 3.10.